The first kappa shape index (κ1) is 13.9. The first-order chi connectivity index (χ1) is 10.0. The summed E-state index contributed by atoms with van der Waals surface area (Å²) in [6.07, 6.45) is 3.50. The van der Waals surface area contributed by atoms with Crippen LogP contribution in [0.2, 0.25) is 0 Å². The number of thioether (sulfide) groups is 1. The number of aryl methyl sites for hydroxylation is 1. The van der Waals surface area contributed by atoms with Crippen molar-refractivity contribution in [1.82, 2.24) is 14.7 Å². The Balaban J connectivity index is 2.14. The molecule has 0 aromatic carbocycles. The molecular weight excluding hydrogens is 290 g/mol. The molecule has 1 atom stereocenters. The van der Waals surface area contributed by atoms with E-state index in [0.717, 1.165) is 5.56 Å². The molecule has 1 fully saturated rings. The Morgan fingerprint density at radius 3 is 2.95 bits per heavy atom. The van der Waals surface area contributed by atoms with Gasteiger partial charge >= 0.3 is 0 Å². The molecule has 110 valence electrons. The lowest BCUT2D eigenvalue weighted by Gasteiger charge is -2.31. The molecule has 7 nitrogen and oxygen atoms in total. The number of aliphatic imine (C=N–C) groups is 1. The molecule has 21 heavy (non-hydrogen) atoms. The quantitative estimate of drug-likeness (QED) is 0.887. The van der Waals surface area contributed by atoms with Crippen LogP contribution in [0.25, 0.3) is 0 Å². The van der Waals surface area contributed by atoms with Crippen molar-refractivity contribution in [1.29, 1.82) is 0 Å². The Hall–Kier alpha value is -2.09. The number of aromatic nitrogens is 2. The van der Waals surface area contributed by atoms with Gasteiger partial charge in [-0.3, -0.25) is 19.2 Å². The minimum Gasteiger partial charge on any atom is -0.366 e. The Morgan fingerprint density at radius 1 is 1.57 bits per heavy atom. The SMILES string of the molecule is CCn1cc([C@H]2C(C(N)=O)=C(C)N=C3SCC(=O)N32)cn1. The minimum absolute atomic E-state index is 0.0701. The fraction of sp³-hybridized carbons (Fsp3) is 0.385. The van der Waals surface area contributed by atoms with Crippen LogP contribution in [0.1, 0.15) is 25.5 Å². The second kappa shape index (κ2) is 5.03. The molecule has 1 aromatic heterocycles. The molecule has 3 rings (SSSR count). The number of nitrogens with two attached hydrogens (primary N) is 1. The highest BCUT2D eigenvalue weighted by Crippen LogP contribution is 2.40. The Kier molecular flexibility index (Phi) is 3.32. The second-order valence-corrected chi connectivity index (χ2v) is 5.78. The first-order valence-electron chi connectivity index (χ1n) is 6.59. The maximum absolute atomic E-state index is 12.2. The lowest BCUT2D eigenvalue weighted by atomic mass is 9.96. The number of amidine groups is 1. The van der Waals surface area contributed by atoms with Crippen LogP contribution in [-0.2, 0) is 16.1 Å². The van der Waals surface area contributed by atoms with E-state index < -0.39 is 11.9 Å². The normalized spacial score (nSPS) is 21.6. The van der Waals surface area contributed by atoms with Crippen LogP contribution in [0, 0.1) is 0 Å². The van der Waals surface area contributed by atoms with Crippen LogP contribution in [0.15, 0.2) is 28.7 Å². The smallest absolute Gasteiger partial charge is 0.248 e. The van der Waals surface area contributed by atoms with Gasteiger partial charge in [0.1, 0.15) is 0 Å². The molecule has 0 saturated carbocycles. The zero-order valence-electron chi connectivity index (χ0n) is 11.7. The molecule has 2 amide bonds. The number of hydrogen-bond acceptors (Lipinski definition) is 5. The molecule has 3 heterocycles. The van der Waals surface area contributed by atoms with E-state index in [1.54, 1.807) is 22.7 Å². The summed E-state index contributed by atoms with van der Waals surface area (Å²) in [5.74, 6) is -0.301. The van der Waals surface area contributed by atoms with Crippen LogP contribution in [-0.4, -0.2) is 37.4 Å². The second-order valence-electron chi connectivity index (χ2n) is 4.84. The lowest BCUT2D eigenvalue weighted by Crippen LogP contribution is -2.40. The molecular formula is C13H15N5O2S. The largest absolute Gasteiger partial charge is 0.366 e. The van der Waals surface area contributed by atoms with Gasteiger partial charge in [0.2, 0.25) is 11.8 Å². The summed E-state index contributed by atoms with van der Waals surface area (Å²) in [5, 5.41) is 4.85. The van der Waals surface area contributed by atoms with E-state index >= 15 is 0 Å². The van der Waals surface area contributed by atoms with Crippen molar-refractivity contribution in [3.63, 3.8) is 0 Å². The van der Waals surface area contributed by atoms with E-state index in [1.807, 2.05) is 13.1 Å². The van der Waals surface area contributed by atoms with E-state index in [-0.39, 0.29) is 5.91 Å². The average molecular weight is 305 g/mol. The van der Waals surface area contributed by atoms with Crippen molar-refractivity contribution in [2.45, 2.75) is 26.4 Å². The van der Waals surface area contributed by atoms with Gasteiger partial charge < -0.3 is 5.73 Å². The van der Waals surface area contributed by atoms with Crippen molar-refractivity contribution in [2.75, 3.05) is 5.75 Å². The number of carbonyl (C=O) groups excluding carboxylic acids is 2. The highest BCUT2D eigenvalue weighted by Gasteiger charge is 2.42. The maximum atomic E-state index is 12.2. The number of hydrogen-bond donors (Lipinski definition) is 1. The molecule has 2 N–H and O–H groups in total. The van der Waals surface area contributed by atoms with Crippen molar-refractivity contribution in [3.8, 4) is 0 Å². The highest BCUT2D eigenvalue weighted by molar-refractivity contribution is 8.15. The number of fused-ring (bicyclic) bond motifs is 1. The molecule has 0 unspecified atom stereocenters. The molecule has 0 aliphatic carbocycles. The van der Waals surface area contributed by atoms with Crippen molar-refractivity contribution < 1.29 is 9.59 Å². The minimum atomic E-state index is -0.561. The third-order valence-corrected chi connectivity index (χ3v) is 4.48. The summed E-state index contributed by atoms with van der Waals surface area (Å²) in [4.78, 5) is 29.9. The summed E-state index contributed by atoms with van der Waals surface area (Å²) in [7, 11) is 0. The Labute approximate surface area is 125 Å². The summed E-state index contributed by atoms with van der Waals surface area (Å²) in [6, 6.07) is -0.530. The van der Waals surface area contributed by atoms with Crippen molar-refractivity contribution >= 4 is 28.7 Å². The van der Waals surface area contributed by atoms with E-state index in [4.69, 9.17) is 5.73 Å². The number of amides is 2. The zero-order chi connectivity index (χ0) is 15.1. The molecule has 1 saturated heterocycles. The van der Waals surface area contributed by atoms with Crippen LogP contribution in [0.3, 0.4) is 0 Å². The average Bonchev–Trinajstić information content (AvgIpc) is 3.04. The van der Waals surface area contributed by atoms with Crippen LogP contribution in [0.4, 0.5) is 0 Å². The summed E-state index contributed by atoms with van der Waals surface area (Å²) < 4.78 is 1.75. The van der Waals surface area contributed by atoms with Gasteiger partial charge in [-0.25, -0.2) is 4.99 Å². The standard InChI is InChI=1S/C13H15N5O2S/c1-3-17-5-8(4-15-17)11-10(12(14)20)7(2)16-13-18(11)9(19)6-21-13/h4-5,11H,3,6H2,1-2H3,(H2,14,20)/t11-/m0/s1. The van der Waals surface area contributed by atoms with Gasteiger partial charge in [-0.1, -0.05) is 11.8 Å². The third kappa shape index (κ3) is 2.15. The van der Waals surface area contributed by atoms with E-state index in [1.165, 1.54) is 11.8 Å². The number of rotatable bonds is 3. The molecule has 0 bridgehead atoms. The van der Waals surface area contributed by atoms with Gasteiger partial charge in [-0.05, 0) is 13.8 Å². The summed E-state index contributed by atoms with van der Waals surface area (Å²) >= 11 is 1.38. The van der Waals surface area contributed by atoms with Gasteiger partial charge in [0.05, 0.1) is 29.3 Å². The fourth-order valence-electron chi connectivity index (χ4n) is 2.57. The molecule has 0 radical (unpaired) electrons. The first-order valence-corrected chi connectivity index (χ1v) is 7.58. The maximum Gasteiger partial charge on any atom is 0.248 e. The van der Waals surface area contributed by atoms with Crippen molar-refractivity contribution in [2.24, 2.45) is 10.7 Å². The number of primary amides is 1. The predicted octanol–water partition coefficient (Wildman–Crippen LogP) is 0.648. The van der Waals surface area contributed by atoms with Crippen LogP contribution < -0.4 is 5.73 Å². The number of allylic oxidation sites excluding steroid dienone is 1. The van der Waals surface area contributed by atoms with E-state index in [0.29, 0.717) is 28.7 Å². The van der Waals surface area contributed by atoms with Crippen LogP contribution in [0.5, 0.6) is 0 Å². The van der Waals surface area contributed by atoms with Gasteiger partial charge in [-0.15, -0.1) is 0 Å². The number of nitrogens with zero attached hydrogens (tertiary/aromatic N) is 4. The van der Waals surface area contributed by atoms with Gasteiger partial charge in [0, 0.05) is 18.3 Å². The lowest BCUT2D eigenvalue weighted by molar-refractivity contribution is -0.125. The molecule has 2 aliphatic heterocycles. The molecule has 2 aliphatic rings. The Bertz CT molecular complexity index is 690. The molecule has 1 aromatic rings. The van der Waals surface area contributed by atoms with Gasteiger partial charge in [0.25, 0.3) is 0 Å². The number of carbonyl (C=O) groups is 2. The molecule has 8 heteroatoms. The monoisotopic (exact) mass is 305 g/mol. The van der Waals surface area contributed by atoms with E-state index in [2.05, 4.69) is 10.1 Å². The topological polar surface area (TPSA) is 93.6 Å². The summed E-state index contributed by atoms with van der Waals surface area (Å²) in [6.45, 7) is 4.42. The molecule has 0 spiro atoms. The van der Waals surface area contributed by atoms with Gasteiger partial charge in [-0.2, -0.15) is 5.10 Å². The van der Waals surface area contributed by atoms with E-state index in [9.17, 15) is 9.59 Å². The Morgan fingerprint density at radius 2 is 2.33 bits per heavy atom. The summed E-state index contributed by atoms with van der Waals surface area (Å²) in [5.41, 5.74) is 7.20. The van der Waals surface area contributed by atoms with Crippen LogP contribution >= 0.6 is 11.8 Å². The van der Waals surface area contributed by atoms with Crippen molar-refractivity contribution in [3.05, 3.63) is 29.2 Å². The predicted molar refractivity (Wildman–Crippen MR) is 79.3 cm³/mol. The highest BCUT2D eigenvalue weighted by atomic mass is 32.2. The zero-order valence-corrected chi connectivity index (χ0v) is 12.6. The van der Waals surface area contributed by atoms with Gasteiger partial charge in [0.15, 0.2) is 5.17 Å². The third-order valence-electron chi connectivity index (χ3n) is 3.54. The fourth-order valence-corrected chi connectivity index (χ4v) is 3.51.